The minimum atomic E-state index is -0.468. The highest BCUT2D eigenvalue weighted by Gasteiger charge is 2.33. The van der Waals surface area contributed by atoms with Crippen LogP contribution in [0.5, 0.6) is 0 Å². The lowest BCUT2D eigenvalue weighted by atomic mass is 9.99. The summed E-state index contributed by atoms with van der Waals surface area (Å²) in [7, 11) is 0. The van der Waals surface area contributed by atoms with Crippen molar-refractivity contribution in [2.45, 2.75) is 25.9 Å². The highest BCUT2D eigenvalue weighted by Crippen LogP contribution is 2.42. The van der Waals surface area contributed by atoms with Crippen molar-refractivity contribution in [2.24, 2.45) is 0 Å². The largest absolute Gasteiger partial charge is 0.376 e. The molecule has 5 nitrogen and oxygen atoms in total. The Kier molecular flexibility index (Phi) is 2.68. The summed E-state index contributed by atoms with van der Waals surface area (Å²) in [6.45, 7) is 4.63. The first-order chi connectivity index (χ1) is 10.2. The molecule has 1 aromatic carbocycles. The molecule has 1 unspecified atom stereocenters. The molecule has 4 rings (SSSR count). The third-order valence-corrected chi connectivity index (χ3v) is 4.21. The van der Waals surface area contributed by atoms with Gasteiger partial charge in [0.25, 0.3) is 5.56 Å². The van der Waals surface area contributed by atoms with E-state index in [4.69, 9.17) is 0 Å². The summed E-state index contributed by atoms with van der Waals surface area (Å²) in [5, 5.41) is 12.3. The van der Waals surface area contributed by atoms with Crippen molar-refractivity contribution in [3.63, 3.8) is 0 Å². The molecule has 1 N–H and O–H groups in total. The normalized spacial score (nSPS) is 19.8. The van der Waals surface area contributed by atoms with Gasteiger partial charge in [0, 0.05) is 29.7 Å². The predicted molar refractivity (Wildman–Crippen MR) is 77.7 cm³/mol. The highest BCUT2D eigenvalue weighted by molar-refractivity contribution is 5.99. The molecule has 0 amide bonds. The molecule has 108 valence electrons. The number of nitrogens with zero attached hydrogens (tertiary/aromatic N) is 3. The SMILES string of the molecule is CCCN1Cc2nnc(=O)c3cc(F)cc4c3c2C(C1)N4. The summed E-state index contributed by atoms with van der Waals surface area (Å²) in [5.41, 5.74) is 2.05. The molecule has 0 aliphatic carbocycles. The first-order valence-corrected chi connectivity index (χ1v) is 7.19. The van der Waals surface area contributed by atoms with Crippen molar-refractivity contribution >= 4 is 16.5 Å². The van der Waals surface area contributed by atoms with Gasteiger partial charge in [0.05, 0.1) is 17.1 Å². The number of halogens is 1. The molecule has 2 aromatic rings. The molecule has 1 aromatic heterocycles. The van der Waals surface area contributed by atoms with Crippen LogP contribution < -0.4 is 10.9 Å². The first kappa shape index (κ1) is 12.6. The van der Waals surface area contributed by atoms with Crippen LogP contribution in [-0.4, -0.2) is 28.2 Å². The van der Waals surface area contributed by atoms with Crippen molar-refractivity contribution in [3.05, 3.63) is 39.6 Å². The topological polar surface area (TPSA) is 58.1 Å². The fourth-order valence-corrected chi connectivity index (χ4v) is 3.45. The molecule has 2 aliphatic heterocycles. The number of rotatable bonds is 2. The standard InChI is InChI=1S/C15H15FN4O/c1-2-3-20-6-11-14-12(7-20)18-19-15(21)9-4-8(16)5-10(17-11)13(9)14/h4-5,11,17H,2-3,6-7H2,1H3. The van der Waals surface area contributed by atoms with Gasteiger partial charge in [-0.25, -0.2) is 4.39 Å². The van der Waals surface area contributed by atoms with E-state index in [1.807, 2.05) is 0 Å². The van der Waals surface area contributed by atoms with E-state index >= 15 is 0 Å². The molecule has 0 bridgehead atoms. The van der Waals surface area contributed by atoms with E-state index in [1.165, 1.54) is 12.1 Å². The second kappa shape index (κ2) is 4.46. The molecule has 0 spiro atoms. The van der Waals surface area contributed by atoms with Gasteiger partial charge in [0.2, 0.25) is 0 Å². The third kappa shape index (κ3) is 1.82. The molecule has 0 saturated heterocycles. The number of nitrogens with one attached hydrogen (secondary N) is 1. The predicted octanol–water partition coefficient (Wildman–Crippen LogP) is 1.82. The summed E-state index contributed by atoms with van der Waals surface area (Å²) in [6, 6.07) is 2.77. The molecule has 2 aliphatic rings. The molecule has 0 radical (unpaired) electrons. The van der Waals surface area contributed by atoms with E-state index < -0.39 is 11.4 Å². The van der Waals surface area contributed by atoms with Crippen LogP contribution in [0.1, 0.15) is 30.6 Å². The second-order valence-corrected chi connectivity index (χ2v) is 5.67. The van der Waals surface area contributed by atoms with Crippen LogP contribution in [0.3, 0.4) is 0 Å². The number of hydrogen-bond acceptors (Lipinski definition) is 5. The lowest BCUT2D eigenvalue weighted by Crippen LogP contribution is -2.35. The first-order valence-electron chi connectivity index (χ1n) is 7.19. The van der Waals surface area contributed by atoms with E-state index in [1.54, 1.807) is 0 Å². The lowest BCUT2D eigenvalue weighted by molar-refractivity contribution is 0.235. The van der Waals surface area contributed by atoms with Gasteiger partial charge in [0.15, 0.2) is 0 Å². The lowest BCUT2D eigenvalue weighted by Gasteiger charge is -2.30. The molecular formula is C15H15FN4O. The molecular weight excluding hydrogens is 271 g/mol. The Morgan fingerprint density at radius 1 is 1.43 bits per heavy atom. The second-order valence-electron chi connectivity index (χ2n) is 5.67. The monoisotopic (exact) mass is 286 g/mol. The molecule has 6 heteroatoms. The van der Waals surface area contributed by atoms with E-state index in [0.717, 1.165) is 36.2 Å². The quantitative estimate of drug-likeness (QED) is 0.912. The smallest absolute Gasteiger partial charge is 0.296 e. The molecule has 0 saturated carbocycles. The van der Waals surface area contributed by atoms with Crippen LogP contribution >= 0.6 is 0 Å². The summed E-state index contributed by atoms with van der Waals surface area (Å²) in [6.07, 6.45) is 1.05. The van der Waals surface area contributed by atoms with Crippen molar-refractivity contribution < 1.29 is 4.39 Å². The van der Waals surface area contributed by atoms with Crippen LogP contribution in [0.4, 0.5) is 10.1 Å². The van der Waals surface area contributed by atoms with E-state index in [0.29, 0.717) is 17.6 Å². The van der Waals surface area contributed by atoms with Gasteiger partial charge < -0.3 is 5.32 Å². The molecule has 3 heterocycles. The van der Waals surface area contributed by atoms with Gasteiger partial charge in [-0.05, 0) is 25.1 Å². The Morgan fingerprint density at radius 2 is 2.29 bits per heavy atom. The number of benzene rings is 1. The molecule has 21 heavy (non-hydrogen) atoms. The van der Waals surface area contributed by atoms with Crippen molar-refractivity contribution in [2.75, 3.05) is 18.4 Å². The summed E-state index contributed by atoms with van der Waals surface area (Å²) in [5.74, 6) is -0.423. The van der Waals surface area contributed by atoms with Gasteiger partial charge >= 0.3 is 0 Å². The van der Waals surface area contributed by atoms with Gasteiger partial charge in [-0.3, -0.25) is 9.69 Å². The fourth-order valence-electron chi connectivity index (χ4n) is 3.45. The number of hydrogen-bond donors (Lipinski definition) is 1. The Labute approximate surface area is 120 Å². The maximum atomic E-state index is 13.7. The number of anilines is 1. The van der Waals surface area contributed by atoms with Crippen LogP contribution in [0.25, 0.3) is 10.8 Å². The maximum absolute atomic E-state index is 13.7. The van der Waals surface area contributed by atoms with Crippen molar-refractivity contribution in [1.29, 1.82) is 0 Å². The van der Waals surface area contributed by atoms with Crippen LogP contribution in [0.15, 0.2) is 16.9 Å². The fraction of sp³-hybridized carbons (Fsp3) is 0.400. The minimum absolute atomic E-state index is 0.0562. The highest BCUT2D eigenvalue weighted by atomic mass is 19.1. The summed E-state index contributed by atoms with van der Waals surface area (Å²) >= 11 is 0. The number of aromatic nitrogens is 2. The van der Waals surface area contributed by atoms with Crippen LogP contribution in [0.2, 0.25) is 0 Å². The van der Waals surface area contributed by atoms with Crippen LogP contribution in [0, 0.1) is 5.82 Å². The van der Waals surface area contributed by atoms with Crippen LogP contribution in [-0.2, 0) is 6.54 Å². The zero-order valence-corrected chi connectivity index (χ0v) is 11.7. The minimum Gasteiger partial charge on any atom is -0.376 e. The van der Waals surface area contributed by atoms with Gasteiger partial charge in [-0.1, -0.05) is 6.92 Å². The van der Waals surface area contributed by atoms with Gasteiger partial charge in [0.1, 0.15) is 5.82 Å². The van der Waals surface area contributed by atoms with Crippen molar-refractivity contribution in [1.82, 2.24) is 15.1 Å². The third-order valence-electron chi connectivity index (χ3n) is 4.21. The average Bonchev–Trinajstić information content (AvgIpc) is 2.74. The summed E-state index contributed by atoms with van der Waals surface area (Å²) < 4.78 is 13.7. The van der Waals surface area contributed by atoms with E-state index in [9.17, 15) is 9.18 Å². The zero-order valence-electron chi connectivity index (χ0n) is 11.7. The summed E-state index contributed by atoms with van der Waals surface area (Å²) in [4.78, 5) is 14.4. The Morgan fingerprint density at radius 3 is 3.10 bits per heavy atom. The average molecular weight is 286 g/mol. The van der Waals surface area contributed by atoms with Crippen molar-refractivity contribution in [3.8, 4) is 0 Å². The van der Waals surface area contributed by atoms with E-state index in [-0.39, 0.29) is 6.04 Å². The zero-order chi connectivity index (χ0) is 14.6. The maximum Gasteiger partial charge on any atom is 0.296 e. The Balaban J connectivity index is 2.01. The molecule has 0 fully saturated rings. The molecule has 1 atom stereocenters. The Hall–Kier alpha value is -2.08. The van der Waals surface area contributed by atoms with E-state index in [2.05, 4.69) is 27.3 Å². The van der Waals surface area contributed by atoms with Gasteiger partial charge in [-0.15, -0.1) is 10.2 Å². The van der Waals surface area contributed by atoms with Gasteiger partial charge in [-0.2, -0.15) is 0 Å². The Bertz CT molecular complexity index is 808.